The molecule has 2 aromatic rings. The molecule has 0 atom stereocenters. The zero-order valence-corrected chi connectivity index (χ0v) is 22.2. The van der Waals surface area contributed by atoms with Crippen LogP contribution in [0.1, 0.15) is 17.5 Å². The van der Waals surface area contributed by atoms with Crippen LogP contribution in [0.3, 0.4) is 0 Å². The number of quaternary nitrogens is 2. The summed E-state index contributed by atoms with van der Waals surface area (Å²) in [5, 5.41) is 0. The third-order valence-corrected chi connectivity index (χ3v) is 6.34. The molecule has 5 heteroatoms. The van der Waals surface area contributed by atoms with E-state index in [0.717, 1.165) is 53.8 Å². The van der Waals surface area contributed by atoms with Crippen molar-refractivity contribution in [2.45, 2.75) is 19.4 Å². The van der Waals surface area contributed by atoms with E-state index in [1.807, 2.05) is 0 Å². The van der Waals surface area contributed by atoms with E-state index in [-0.39, 0.29) is 0 Å². The first kappa shape index (κ1) is 23.9. The Bertz CT molecular complexity index is 732. The zero-order chi connectivity index (χ0) is 20.8. The summed E-state index contributed by atoms with van der Waals surface area (Å²) >= 11 is 4.83. The van der Waals surface area contributed by atoms with Gasteiger partial charge in [-0.15, -0.1) is 0 Å². The van der Waals surface area contributed by atoms with Crippen LogP contribution in [0.15, 0.2) is 42.5 Å². The summed E-state index contributed by atoms with van der Waals surface area (Å²) in [6, 6.07) is 15.3. The Morgan fingerprint density at radius 3 is 2.00 bits per heavy atom. The minimum Gasteiger partial charge on any atom is -0.491 e. The van der Waals surface area contributed by atoms with Crippen LogP contribution in [0.5, 0.6) is 5.75 Å². The summed E-state index contributed by atoms with van der Waals surface area (Å²) < 4.78 is 10.6. The van der Waals surface area contributed by atoms with E-state index < -0.39 is 0 Å². The van der Waals surface area contributed by atoms with E-state index in [2.05, 4.69) is 123 Å². The molecule has 0 N–H and O–H groups in total. The van der Waals surface area contributed by atoms with Crippen LogP contribution in [0.2, 0.25) is 0 Å². The molecule has 0 aliphatic rings. The summed E-state index contributed by atoms with van der Waals surface area (Å²) in [6.45, 7) is 4.06. The summed E-state index contributed by atoms with van der Waals surface area (Å²) in [4.78, 5) is 0. The predicted octanol–water partition coefficient (Wildman–Crippen LogP) is 5.19. The van der Waals surface area contributed by atoms with Crippen molar-refractivity contribution in [1.29, 1.82) is 0 Å². The molecule has 0 radical (unpaired) electrons. The van der Waals surface area contributed by atoms with Gasteiger partial charge in [0, 0.05) is 18.4 Å². The molecular weight excluding hydrogens is 574 g/mol. The molecule has 28 heavy (non-hydrogen) atoms. The second kappa shape index (κ2) is 10.6. The average molecular weight is 608 g/mol. The quantitative estimate of drug-likeness (QED) is 0.205. The van der Waals surface area contributed by atoms with E-state index in [1.165, 1.54) is 18.3 Å². The van der Waals surface area contributed by atoms with Crippen LogP contribution >= 0.6 is 45.2 Å². The van der Waals surface area contributed by atoms with E-state index in [0.29, 0.717) is 0 Å². The van der Waals surface area contributed by atoms with Crippen molar-refractivity contribution in [3.05, 3.63) is 60.7 Å². The van der Waals surface area contributed by atoms with Gasteiger partial charge in [0.2, 0.25) is 0 Å². The molecule has 0 aliphatic heterocycles. The maximum Gasteiger partial charge on any atom is 0.145 e. The lowest BCUT2D eigenvalue weighted by Crippen LogP contribution is -2.40. The van der Waals surface area contributed by atoms with Crippen LogP contribution < -0.4 is 4.74 Å². The average Bonchev–Trinajstić information content (AvgIpc) is 2.58. The zero-order valence-electron chi connectivity index (χ0n) is 17.8. The minimum atomic E-state index is 0.765. The van der Waals surface area contributed by atoms with Crippen molar-refractivity contribution in [2.75, 3.05) is 54.9 Å². The van der Waals surface area contributed by atoms with Gasteiger partial charge in [0.05, 0.1) is 62.1 Å². The Balaban J connectivity index is 1.85. The van der Waals surface area contributed by atoms with Gasteiger partial charge in [0.1, 0.15) is 12.3 Å². The van der Waals surface area contributed by atoms with Crippen LogP contribution in [0.25, 0.3) is 0 Å². The van der Waals surface area contributed by atoms with E-state index in [4.69, 9.17) is 4.74 Å². The van der Waals surface area contributed by atoms with E-state index in [1.54, 1.807) is 0 Å². The number of halogens is 2. The molecule has 0 unspecified atom stereocenters. The first-order valence-electron chi connectivity index (χ1n) is 9.83. The number of rotatable bonds is 10. The molecule has 0 fully saturated rings. The maximum atomic E-state index is 6.18. The molecule has 2 aromatic carbocycles. The van der Waals surface area contributed by atoms with Gasteiger partial charge in [-0.3, -0.25) is 0 Å². The summed E-state index contributed by atoms with van der Waals surface area (Å²) in [5.74, 6) is 1.04. The van der Waals surface area contributed by atoms with Gasteiger partial charge in [-0.1, -0.05) is 30.3 Å². The van der Waals surface area contributed by atoms with Gasteiger partial charge < -0.3 is 13.7 Å². The van der Waals surface area contributed by atoms with Gasteiger partial charge >= 0.3 is 0 Å². The van der Waals surface area contributed by atoms with Crippen molar-refractivity contribution < 1.29 is 13.7 Å². The fourth-order valence-electron chi connectivity index (χ4n) is 3.18. The highest BCUT2D eigenvalue weighted by molar-refractivity contribution is 14.1. The Hall–Kier alpha value is -0.380. The molecule has 0 spiro atoms. The van der Waals surface area contributed by atoms with Gasteiger partial charge in [0.25, 0.3) is 0 Å². The molecule has 0 saturated heterocycles. The van der Waals surface area contributed by atoms with Gasteiger partial charge in [-0.05, 0) is 62.9 Å². The number of nitrogens with zero attached hydrogens (tertiary/aromatic N) is 2. The molecule has 0 saturated carbocycles. The molecule has 0 amide bonds. The molecule has 3 nitrogen and oxygen atoms in total. The number of benzene rings is 2. The Labute approximate surface area is 198 Å². The van der Waals surface area contributed by atoms with Crippen molar-refractivity contribution in [1.82, 2.24) is 0 Å². The molecule has 2 rings (SSSR count). The Morgan fingerprint density at radius 1 is 0.821 bits per heavy atom. The van der Waals surface area contributed by atoms with E-state index >= 15 is 0 Å². The largest absolute Gasteiger partial charge is 0.491 e. The fraction of sp³-hybridized carbons (Fsp3) is 0.478. The number of ether oxygens (including phenoxy) is 1. The number of hydrogen-bond acceptors (Lipinski definition) is 1. The second-order valence-electron chi connectivity index (χ2n) is 9.16. The molecule has 0 bridgehead atoms. The molecule has 0 aromatic heterocycles. The van der Waals surface area contributed by atoms with Crippen LogP contribution in [0.4, 0.5) is 0 Å². The van der Waals surface area contributed by atoms with Gasteiger partial charge in [-0.2, -0.15) is 0 Å². The lowest BCUT2D eigenvalue weighted by atomic mass is 10.1. The van der Waals surface area contributed by atoms with Crippen molar-refractivity contribution in [3.63, 3.8) is 0 Å². The minimum absolute atomic E-state index is 0.765. The lowest BCUT2D eigenvalue weighted by molar-refractivity contribution is -0.903. The normalized spacial score (nSPS) is 12.2. The summed E-state index contributed by atoms with van der Waals surface area (Å²) in [7, 11) is 11.3. The van der Waals surface area contributed by atoms with Gasteiger partial charge in [0.15, 0.2) is 0 Å². The highest BCUT2D eigenvalue weighted by Crippen LogP contribution is 2.29. The molecular formula is C23H34I2N2O+2. The molecule has 0 aliphatic carbocycles. The third kappa shape index (κ3) is 8.55. The number of likely N-dealkylation sites (N-methyl/N-ethyl adjacent to an activating group) is 1. The van der Waals surface area contributed by atoms with Crippen molar-refractivity contribution in [2.24, 2.45) is 0 Å². The highest BCUT2D eigenvalue weighted by atomic mass is 127. The second-order valence-corrected chi connectivity index (χ2v) is 11.5. The first-order valence-corrected chi connectivity index (χ1v) is 12.0. The summed E-state index contributed by atoms with van der Waals surface area (Å²) in [5.41, 5.74) is 2.79. The SMILES string of the molecule is C[N+](C)(C)CCc1cc(I)c(OCCC[N+](C)(C)Cc2ccccc2)c(I)c1. The van der Waals surface area contributed by atoms with Crippen molar-refractivity contribution >= 4 is 45.2 Å². The number of hydrogen-bond donors (Lipinski definition) is 0. The van der Waals surface area contributed by atoms with Crippen LogP contribution in [-0.4, -0.2) is 63.9 Å². The Kier molecular flexibility index (Phi) is 9.04. The monoisotopic (exact) mass is 608 g/mol. The van der Waals surface area contributed by atoms with Crippen molar-refractivity contribution in [3.8, 4) is 5.75 Å². The predicted molar refractivity (Wildman–Crippen MR) is 136 cm³/mol. The smallest absolute Gasteiger partial charge is 0.145 e. The highest BCUT2D eigenvalue weighted by Gasteiger charge is 2.16. The topological polar surface area (TPSA) is 9.23 Å². The lowest BCUT2D eigenvalue weighted by Gasteiger charge is -2.30. The third-order valence-electron chi connectivity index (χ3n) is 4.74. The molecule has 154 valence electrons. The fourth-order valence-corrected chi connectivity index (χ4v) is 5.39. The maximum absolute atomic E-state index is 6.18. The van der Waals surface area contributed by atoms with Gasteiger partial charge in [-0.25, -0.2) is 0 Å². The summed E-state index contributed by atoms with van der Waals surface area (Å²) in [6.07, 6.45) is 2.15. The first-order chi connectivity index (χ1) is 13.1. The molecule has 0 heterocycles. The van der Waals surface area contributed by atoms with Crippen LogP contribution in [0, 0.1) is 7.14 Å². The standard InChI is InChI=1S/C23H34I2N2O/c1-26(2,3)14-12-20-16-21(24)23(22(25)17-20)28-15-9-13-27(4,5)18-19-10-7-6-8-11-19/h6-8,10-11,16-17H,9,12-15,18H2,1-5H3/q+2. The van der Waals surface area contributed by atoms with E-state index in [9.17, 15) is 0 Å². The van der Waals surface area contributed by atoms with Crippen LogP contribution in [-0.2, 0) is 13.0 Å². The Morgan fingerprint density at radius 2 is 1.43 bits per heavy atom.